The van der Waals surface area contributed by atoms with E-state index in [9.17, 15) is 5.11 Å². The lowest BCUT2D eigenvalue weighted by atomic mass is 9.77. The van der Waals surface area contributed by atoms with Crippen LogP contribution < -0.4 is 0 Å². The molecule has 0 saturated heterocycles. The van der Waals surface area contributed by atoms with Crippen molar-refractivity contribution in [2.75, 3.05) is 6.61 Å². The Morgan fingerprint density at radius 3 is 2.40 bits per heavy atom. The summed E-state index contributed by atoms with van der Waals surface area (Å²) >= 11 is 0. The highest BCUT2D eigenvalue weighted by Crippen LogP contribution is 2.33. The first-order valence-electron chi connectivity index (χ1n) is 8.41. The lowest BCUT2D eigenvalue weighted by molar-refractivity contribution is -0.0115. The van der Waals surface area contributed by atoms with Gasteiger partial charge in [0.1, 0.15) is 0 Å². The maximum absolute atomic E-state index is 10.00. The second-order valence-corrected chi connectivity index (χ2v) is 6.26. The van der Waals surface area contributed by atoms with Crippen LogP contribution >= 0.6 is 0 Å². The van der Waals surface area contributed by atoms with Gasteiger partial charge >= 0.3 is 0 Å². The Morgan fingerprint density at radius 2 is 1.75 bits per heavy atom. The number of aliphatic hydroxyl groups excluding tert-OH is 1. The molecule has 0 radical (unpaired) electrons. The molecule has 0 bridgehead atoms. The zero-order chi connectivity index (χ0) is 15.0. The molecule has 1 aliphatic rings. The second-order valence-electron chi connectivity index (χ2n) is 6.26. The van der Waals surface area contributed by atoms with Crippen LogP contribution in [0.5, 0.6) is 0 Å². The SMILES string of the molecule is [CH2-]CC1=CC(O)C(C)C(C)C1OCCCCCCCC. The molecule has 0 aromatic rings. The van der Waals surface area contributed by atoms with E-state index in [1.54, 1.807) is 0 Å². The zero-order valence-electron chi connectivity index (χ0n) is 13.6. The van der Waals surface area contributed by atoms with Crippen LogP contribution in [0.3, 0.4) is 0 Å². The highest BCUT2D eigenvalue weighted by molar-refractivity contribution is 5.18. The van der Waals surface area contributed by atoms with E-state index in [-0.39, 0.29) is 18.1 Å². The van der Waals surface area contributed by atoms with Crippen molar-refractivity contribution >= 4 is 0 Å². The molecule has 0 amide bonds. The van der Waals surface area contributed by atoms with Crippen LogP contribution in [0.15, 0.2) is 11.6 Å². The summed E-state index contributed by atoms with van der Waals surface area (Å²) in [5, 5.41) is 10.00. The molecule has 0 aliphatic heterocycles. The van der Waals surface area contributed by atoms with E-state index in [4.69, 9.17) is 4.74 Å². The van der Waals surface area contributed by atoms with E-state index >= 15 is 0 Å². The van der Waals surface area contributed by atoms with Crippen molar-refractivity contribution in [3.63, 3.8) is 0 Å². The molecule has 1 rings (SSSR count). The van der Waals surface area contributed by atoms with Crippen molar-refractivity contribution in [1.29, 1.82) is 0 Å². The summed E-state index contributed by atoms with van der Waals surface area (Å²) in [6, 6.07) is 0. The predicted octanol–water partition coefficient (Wildman–Crippen LogP) is 4.53. The van der Waals surface area contributed by atoms with E-state index in [0.717, 1.165) is 19.4 Å². The van der Waals surface area contributed by atoms with Gasteiger partial charge in [0.2, 0.25) is 0 Å². The van der Waals surface area contributed by atoms with Gasteiger partial charge in [-0.15, -0.1) is 0 Å². The maximum atomic E-state index is 10.00. The molecule has 2 heteroatoms. The largest absolute Gasteiger partial charge is 0.389 e. The van der Waals surface area contributed by atoms with Gasteiger partial charge in [-0.3, -0.25) is 0 Å². The number of hydrogen-bond acceptors (Lipinski definition) is 2. The molecule has 0 aromatic heterocycles. The Hall–Kier alpha value is -0.340. The molecule has 4 unspecified atom stereocenters. The van der Waals surface area contributed by atoms with E-state index in [1.807, 2.05) is 6.08 Å². The summed E-state index contributed by atoms with van der Waals surface area (Å²) in [6.07, 6.45) is 10.2. The molecule has 20 heavy (non-hydrogen) atoms. The Bertz CT molecular complexity index is 285. The van der Waals surface area contributed by atoms with Gasteiger partial charge in [-0.25, -0.2) is 0 Å². The molecule has 1 N–H and O–H groups in total. The van der Waals surface area contributed by atoms with Crippen LogP contribution in [-0.4, -0.2) is 23.9 Å². The quantitative estimate of drug-likeness (QED) is 0.382. The van der Waals surface area contributed by atoms with Crippen molar-refractivity contribution in [2.45, 2.75) is 77.9 Å². The summed E-state index contributed by atoms with van der Waals surface area (Å²) < 4.78 is 6.10. The zero-order valence-corrected chi connectivity index (χ0v) is 13.6. The summed E-state index contributed by atoms with van der Waals surface area (Å²) in [5.74, 6) is 0.631. The monoisotopic (exact) mass is 281 g/mol. The van der Waals surface area contributed by atoms with Crippen LogP contribution in [0.2, 0.25) is 0 Å². The molecule has 0 fully saturated rings. The third-order valence-electron chi connectivity index (χ3n) is 4.68. The number of unbranched alkanes of at least 4 members (excludes halogenated alkanes) is 5. The summed E-state index contributed by atoms with van der Waals surface area (Å²) in [6.45, 7) is 11.3. The fourth-order valence-corrected chi connectivity index (χ4v) is 2.97. The molecular weight excluding hydrogens is 248 g/mol. The van der Waals surface area contributed by atoms with Crippen LogP contribution in [0.1, 0.15) is 65.7 Å². The molecule has 2 nitrogen and oxygen atoms in total. The number of hydrogen-bond donors (Lipinski definition) is 1. The maximum Gasteiger partial charge on any atom is 0.0790 e. The number of aliphatic hydroxyl groups is 1. The van der Waals surface area contributed by atoms with Crippen LogP contribution in [-0.2, 0) is 4.74 Å². The van der Waals surface area contributed by atoms with Gasteiger partial charge in [0.25, 0.3) is 0 Å². The fraction of sp³-hybridized carbons (Fsp3) is 0.833. The van der Waals surface area contributed by atoms with Gasteiger partial charge in [0.15, 0.2) is 0 Å². The van der Waals surface area contributed by atoms with Crippen molar-refractivity contribution < 1.29 is 9.84 Å². The Kier molecular flexibility index (Phi) is 8.47. The van der Waals surface area contributed by atoms with E-state index in [1.165, 1.54) is 37.7 Å². The molecule has 4 atom stereocenters. The topological polar surface area (TPSA) is 29.5 Å². The van der Waals surface area contributed by atoms with Crippen LogP contribution in [0.4, 0.5) is 0 Å². The van der Waals surface area contributed by atoms with E-state index < -0.39 is 0 Å². The standard InChI is InChI=1S/C18H33O2/c1-5-7-8-9-10-11-12-20-18-15(4)14(3)17(19)13-16(18)6-2/h13-15,17-19H,2,5-12H2,1,3-4H3/q-1. The summed E-state index contributed by atoms with van der Waals surface area (Å²) in [4.78, 5) is 0. The minimum atomic E-state index is -0.337. The van der Waals surface area contributed by atoms with Crippen molar-refractivity contribution in [3.05, 3.63) is 18.6 Å². The van der Waals surface area contributed by atoms with Crippen molar-refractivity contribution in [1.82, 2.24) is 0 Å². The Morgan fingerprint density at radius 1 is 1.10 bits per heavy atom. The summed E-state index contributed by atoms with van der Waals surface area (Å²) in [5.41, 5.74) is 1.18. The normalized spacial score (nSPS) is 30.4. The first-order valence-corrected chi connectivity index (χ1v) is 8.41. The molecule has 0 saturated carbocycles. The highest BCUT2D eigenvalue weighted by atomic mass is 16.5. The first-order chi connectivity index (χ1) is 9.61. The second kappa shape index (κ2) is 9.57. The van der Waals surface area contributed by atoms with Gasteiger partial charge < -0.3 is 16.8 Å². The van der Waals surface area contributed by atoms with E-state index in [0.29, 0.717) is 5.92 Å². The molecule has 1 aliphatic carbocycles. The van der Waals surface area contributed by atoms with Gasteiger partial charge in [-0.2, -0.15) is 6.42 Å². The van der Waals surface area contributed by atoms with Crippen LogP contribution in [0.25, 0.3) is 0 Å². The Labute approximate surface area is 125 Å². The van der Waals surface area contributed by atoms with Crippen molar-refractivity contribution in [2.24, 2.45) is 11.8 Å². The molecule has 118 valence electrons. The highest BCUT2D eigenvalue weighted by Gasteiger charge is 2.33. The minimum absolute atomic E-state index is 0.154. The van der Waals surface area contributed by atoms with Gasteiger partial charge in [0, 0.05) is 6.61 Å². The third-order valence-corrected chi connectivity index (χ3v) is 4.68. The lowest BCUT2D eigenvalue weighted by Gasteiger charge is -2.38. The fourth-order valence-electron chi connectivity index (χ4n) is 2.97. The lowest BCUT2D eigenvalue weighted by Crippen LogP contribution is -2.38. The average Bonchev–Trinajstić information content (AvgIpc) is 2.45. The smallest absolute Gasteiger partial charge is 0.0790 e. The number of ether oxygens (including phenoxy) is 1. The molecular formula is C18H33O2-. The molecule has 0 heterocycles. The number of rotatable bonds is 9. The predicted molar refractivity (Wildman–Crippen MR) is 85.5 cm³/mol. The van der Waals surface area contributed by atoms with Crippen molar-refractivity contribution in [3.8, 4) is 0 Å². The Balaban J connectivity index is 2.32. The minimum Gasteiger partial charge on any atom is -0.389 e. The summed E-state index contributed by atoms with van der Waals surface area (Å²) in [7, 11) is 0. The molecule has 0 aromatic carbocycles. The van der Waals surface area contributed by atoms with Crippen LogP contribution in [0, 0.1) is 18.8 Å². The molecule has 0 spiro atoms. The average molecular weight is 281 g/mol. The van der Waals surface area contributed by atoms with E-state index in [2.05, 4.69) is 27.7 Å². The third kappa shape index (κ3) is 5.21. The van der Waals surface area contributed by atoms with Gasteiger partial charge in [-0.1, -0.05) is 64.5 Å². The van der Waals surface area contributed by atoms with Gasteiger partial charge in [-0.05, 0) is 18.3 Å². The first kappa shape index (κ1) is 17.7. The van der Waals surface area contributed by atoms with Gasteiger partial charge in [0.05, 0.1) is 12.2 Å².